The summed E-state index contributed by atoms with van der Waals surface area (Å²) in [7, 11) is 2.24. The summed E-state index contributed by atoms with van der Waals surface area (Å²) in [6.07, 6.45) is 7.85. The van der Waals surface area contributed by atoms with Gasteiger partial charge < -0.3 is 9.47 Å². The first-order valence-electron chi connectivity index (χ1n) is 10.1. The molecule has 2 aromatic rings. The Morgan fingerprint density at radius 2 is 2.12 bits per heavy atom. The third kappa shape index (κ3) is 5.18. The van der Waals surface area contributed by atoms with Gasteiger partial charge in [0.05, 0.1) is 6.54 Å². The number of aromatic nitrogens is 2. The number of likely N-dealkylation sites (tertiary alicyclic amines) is 1. The van der Waals surface area contributed by atoms with Crippen molar-refractivity contribution in [3.05, 3.63) is 53.6 Å². The maximum absolute atomic E-state index is 4.52. The quantitative estimate of drug-likeness (QED) is 0.724. The minimum absolute atomic E-state index is 0.774. The lowest BCUT2D eigenvalue weighted by Crippen LogP contribution is -2.41. The molecule has 1 atom stereocenters. The largest absolute Gasteiger partial charge is 0.334 e. The van der Waals surface area contributed by atoms with Gasteiger partial charge in [0.25, 0.3) is 0 Å². The van der Waals surface area contributed by atoms with Crippen LogP contribution in [0.4, 0.5) is 0 Å². The van der Waals surface area contributed by atoms with Crippen LogP contribution in [-0.4, -0.2) is 52.6 Å². The van der Waals surface area contributed by atoms with Crippen LogP contribution in [0.5, 0.6) is 0 Å². The fraction of sp³-hybridized carbons (Fsp3) is 0.591. The zero-order valence-corrected chi connectivity index (χ0v) is 16.7. The van der Waals surface area contributed by atoms with Gasteiger partial charge in [-0.25, -0.2) is 4.98 Å². The third-order valence-electron chi connectivity index (χ3n) is 5.69. The molecule has 4 nitrogen and oxygen atoms in total. The predicted octanol–water partition coefficient (Wildman–Crippen LogP) is 3.60. The highest BCUT2D eigenvalue weighted by Crippen LogP contribution is 2.19. The Labute approximate surface area is 158 Å². The van der Waals surface area contributed by atoms with Gasteiger partial charge in [-0.2, -0.15) is 0 Å². The van der Waals surface area contributed by atoms with E-state index < -0.39 is 0 Å². The first kappa shape index (κ1) is 19.1. The van der Waals surface area contributed by atoms with Crippen LogP contribution in [0.2, 0.25) is 0 Å². The van der Waals surface area contributed by atoms with Crippen LogP contribution in [0.3, 0.4) is 0 Å². The molecule has 3 rings (SSSR count). The van der Waals surface area contributed by atoms with Crippen molar-refractivity contribution < 1.29 is 0 Å². The highest BCUT2D eigenvalue weighted by molar-refractivity contribution is 5.25. The molecule has 1 fully saturated rings. The van der Waals surface area contributed by atoms with E-state index in [9.17, 15) is 0 Å². The number of hydrogen-bond donors (Lipinski definition) is 0. The summed E-state index contributed by atoms with van der Waals surface area (Å²) in [6.45, 7) is 11.2. The lowest BCUT2D eigenvalue weighted by Gasteiger charge is -2.34. The Bertz CT molecular complexity index is 678. The molecular formula is C22H34N4. The summed E-state index contributed by atoms with van der Waals surface area (Å²) >= 11 is 0. The van der Waals surface area contributed by atoms with E-state index in [4.69, 9.17) is 0 Å². The van der Waals surface area contributed by atoms with Crippen molar-refractivity contribution in [3.8, 4) is 0 Å². The van der Waals surface area contributed by atoms with Crippen molar-refractivity contribution in [1.82, 2.24) is 19.4 Å². The number of piperidine rings is 1. The standard InChI is InChI=1S/C22H34N4/c1-4-26-15-12-23-22(26)18-24(3)16-20-9-7-13-25(17-20)14-11-21-10-6-5-8-19(21)2/h5-6,8,10,12,15,20H,4,7,9,11,13-14,16-18H2,1-3H3. The Morgan fingerprint density at radius 3 is 2.92 bits per heavy atom. The lowest BCUT2D eigenvalue weighted by atomic mass is 9.96. The average molecular weight is 355 g/mol. The van der Waals surface area contributed by atoms with E-state index in [1.54, 1.807) is 0 Å². The zero-order chi connectivity index (χ0) is 18.4. The molecule has 0 spiro atoms. The van der Waals surface area contributed by atoms with Crippen LogP contribution in [0.15, 0.2) is 36.7 Å². The van der Waals surface area contributed by atoms with Gasteiger partial charge in [0, 0.05) is 38.6 Å². The second-order valence-corrected chi connectivity index (χ2v) is 7.81. The zero-order valence-electron chi connectivity index (χ0n) is 16.7. The maximum atomic E-state index is 4.52. The SMILES string of the molecule is CCn1ccnc1CN(C)CC1CCCN(CCc2ccccc2C)C1. The van der Waals surface area contributed by atoms with Gasteiger partial charge in [-0.3, -0.25) is 4.90 Å². The molecule has 0 saturated carbocycles. The van der Waals surface area contributed by atoms with Gasteiger partial charge in [0.1, 0.15) is 5.82 Å². The maximum Gasteiger partial charge on any atom is 0.122 e. The van der Waals surface area contributed by atoms with E-state index >= 15 is 0 Å². The van der Waals surface area contributed by atoms with E-state index in [2.05, 4.69) is 70.7 Å². The second kappa shape index (κ2) is 9.33. The molecule has 0 bridgehead atoms. The molecule has 142 valence electrons. The summed E-state index contributed by atoms with van der Waals surface area (Å²) in [4.78, 5) is 9.63. The summed E-state index contributed by atoms with van der Waals surface area (Å²) in [5.74, 6) is 1.96. The Balaban J connectivity index is 1.46. The predicted molar refractivity (Wildman–Crippen MR) is 108 cm³/mol. The van der Waals surface area contributed by atoms with Gasteiger partial charge in [0.15, 0.2) is 0 Å². The molecule has 0 radical (unpaired) electrons. The Kier molecular flexibility index (Phi) is 6.86. The fourth-order valence-electron chi connectivity index (χ4n) is 4.20. The van der Waals surface area contributed by atoms with Crippen LogP contribution in [0, 0.1) is 12.8 Å². The van der Waals surface area contributed by atoms with Gasteiger partial charge >= 0.3 is 0 Å². The average Bonchev–Trinajstić information content (AvgIpc) is 3.08. The number of rotatable bonds is 8. The topological polar surface area (TPSA) is 24.3 Å². The van der Waals surface area contributed by atoms with Crippen molar-refractivity contribution in [2.24, 2.45) is 5.92 Å². The van der Waals surface area contributed by atoms with Crippen LogP contribution in [0.25, 0.3) is 0 Å². The summed E-state index contributed by atoms with van der Waals surface area (Å²) in [6, 6.07) is 8.80. The van der Waals surface area contributed by atoms with Crippen LogP contribution in [0.1, 0.15) is 36.7 Å². The first-order valence-corrected chi connectivity index (χ1v) is 10.1. The molecule has 1 unspecified atom stereocenters. The number of benzene rings is 1. The fourth-order valence-corrected chi connectivity index (χ4v) is 4.20. The smallest absolute Gasteiger partial charge is 0.122 e. The van der Waals surface area contributed by atoms with Gasteiger partial charge in [-0.1, -0.05) is 24.3 Å². The molecule has 1 aliphatic rings. The van der Waals surface area contributed by atoms with E-state index in [0.717, 1.165) is 25.6 Å². The summed E-state index contributed by atoms with van der Waals surface area (Å²) in [5.41, 5.74) is 2.92. The van der Waals surface area contributed by atoms with Crippen LogP contribution in [-0.2, 0) is 19.5 Å². The van der Waals surface area contributed by atoms with Gasteiger partial charge in [-0.15, -0.1) is 0 Å². The highest BCUT2D eigenvalue weighted by atomic mass is 15.2. The van der Waals surface area contributed by atoms with Crippen molar-refractivity contribution in [1.29, 1.82) is 0 Å². The van der Waals surface area contributed by atoms with Crippen molar-refractivity contribution in [2.75, 3.05) is 33.2 Å². The van der Waals surface area contributed by atoms with E-state index in [1.165, 1.54) is 55.8 Å². The van der Waals surface area contributed by atoms with Crippen molar-refractivity contribution >= 4 is 0 Å². The van der Waals surface area contributed by atoms with Crippen molar-refractivity contribution in [3.63, 3.8) is 0 Å². The van der Waals surface area contributed by atoms with Crippen LogP contribution < -0.4 is 0 Å². The van der Waals surface area contributed by atoms with E-state index in [1.807, 2.05) is 6.20 Å². The summed E-state index contributed by atoms with van der Waals surface area (Å²) in [5, 5.41) is 0. The molecular weight excluding hydrogens is 320 g/mol. The molecule has 1 aromatic heterocycles. The molecule has 0 N–H and O–H groups in total. The van der Waals surface area contributed by atoms with Crippen LogP contribution >= 0.6 is 0 Å². The van der Waals surface area contributed by atoms with Gasteiger partial charge in [-0.05, 0) is 63.7 Å². The molecule has 4 heteroatoms. The molecule has 2 heterocycles. The highest BCUT2D eigenvalue weighted by Gasteiger charge is 2.21. The van der Waals surface area contributed by atoms with Gasteiger partial charge in [0.2, 0.25) is 0 Å². The molecule has 1 aromatic carbocycles. The molecule has 0 amide bonds. The third-order valence-corrected chi connectivity index (χ3v) is 5.69. The molecule has 0 aliphatic carbocycles. The molecule has 26 heavy (non-hydrogen) atoms. The Morgan fingerprint density at radius 1 is 1.27 bits per heavy atom. The number of hydrogen-bond acceptors (Lipinski definition) is 3. The first-order chi connectivity index (χ1) is 12.7. The number of imidazole rings is 1. The normalized spacial score (nSPS) is 18.5. The number of nitrogens with zero attached hydrogens (tertiary/aromatic N) is 4. The number of aryl methyl sites for hydroxylation is 2. The minimum Gasteiger partial charge on any atom is -0.334 e. The van der Waals surface area contributed by atoms with E-state index in [0.29, 0.717) is 0 Å². The molecule has 1 aliphatic heterocycles. The second-order valence-electron chi connectivity index (χ2n) is 7.81. The Hall–Kier alpha value is -1.65. The van der Waals surface area contributed by atoms with Crippen molar-refractivity contribution in [2.45, 2.75) is 46.2 Å². The molecule has 1 saturated heterocycles. The van der Waals surface area contributed by atoms with E-state index in [-0.39, 0.29) is 0 Å². The minimum atomic E-state index is 0.774. The monoisotopic (exact) mass is 354 g/mol. The lowest BCUT2D eigenvalue weighted by molar-refractivity contribution is 0.141. The summed E-state index contributed by atoms with van der Waals surface area (Å²) < 4.78 is 2.24.